The van der Waals surface area contributed by atoms with Gasteiger partial charge in [0.15, 0.2) is 0 Å². The molecule has 0 atom stereocenters. The number of aryl methyl sites for hydroxylation is 1. The second kappa shape index (κ2) is 2.53. The second-order valence-corrected chi connectivity index (χ2v) is 2.82. The SMILES string of the molecule is Cn1cc(NN)c2ccccc21. The van der Waals surface area contributed by atoms with Crippen LogP contribution in [0.3, 0.4) is 0 Å². The number of nitrogen functional groups attached to an aromatic ring is 1. The van der Waals surface area contributed by atoms with Crippen LogP contribution < -0.4 is 11.3 Å². The van der Waals surface area contributed by atoms with Gasteiger partial charge in [-0.1, -0.05) is 18.2 Å². The Kier molecular flexibility index (Phi) is 1.52. The number of anilines is 1. The van der Waals surface area contributed by atoms with Crippen molar-refractivity contribution in [2.45, 2.75) is 0 Å². The maximum absolute atomic E-state index is 5.37. The van der Waals surface area contributed by atoms with Crippen molar-refractivity contribution in [1.82, 2.24) is 4.57 Å². The second-order valence-electron chi connectivity index (χ2n) is 2.82. The lowest BCUT2D eigenvalue weighted by Gasteiger charge is -1.94. The number of hydrazine groups is 1. The van der Waals surface area contributed by atoms with Gasteiger partial charge in [-0.05, 0) is 6.07 Å². The van der Waals surface area contributed by atoms with Crippen LogP contribution in [0.2, 0.25) is 0 Å². The van der Waals surface area contributed by atoms with Gasteiger partial charge >= 0.3 is 0 Å². The van der Waals surface area contributed by atoms with Gasteiger partial charge in [-0.15, -0.1) is 0 Å². The van der Waals surface area contributed by atoms with E-state index >= 15 is 0 Å². The Bertz CT molecular complexity index is 403. The van der Waals surface area contributed by atoms with E-state index in [1.807, 2.05) is 36.0 Å². The Balaban J connectivity index is 2.82. The lowest BCUT2D eigenvalue weighted by Crippen LogP contribution is -2.05. The molecule has 0 aliphatic rings. The van der Waals surface area contributed by atoms with Gasteiger partial charge in [-0.25, -0.2) is 0 Å². The van der Waals surface area contributed by atoms with Crippen LogP contribution in [0.25, 0.3) is 10.9 Å². The summed E-state index contributed by atoms with van der Waals surface area (Å²) in [5, 5.41) is 1.16. The number of aromatic nitrogens is 1. The summed E-state index contributed by atoms with van der Waals surface area (Å²) in [6.45, 7) is 0. The van der Waals surface area contributed by atoms with Gasteiger partial charge in [0.2, 0.25) is 0 Å². The van der Waals surface area contributed by atoms with Crippen LogP contribution in [0, 0.1) is 0 Å². The molecule has 3 N–H and O–H groups in total. The van der Waals surface area contributed by atoms with Crippen LogP contribution >= 0.6 is 0 Å². The molecule has 0 radical (unpaired) electrons. The number of nitrogens with one attached hydrogen (secondary N) is 1. The lowest BCUT2D eigenvalue weighted by molar-refractivity contribution is 0.969. The van der Waals surface area contributed by atoms with Gasteiger partial charge in [0, 0.05) is 24.1 Å². The van der Waals surface area contributed by atoms with Gasteiger partial charge in [0.25, 0.3) is 0 Å². The van der Waals surface area contributed by atoms with E-state index in [4.69, 9.17) is 5.84 Å². The number of hydrogen-bond acceptors (Lipinski definition) is 2. The highest BCUT2D eigenvalue weighted by molar-refractivity contribution is 5.92. The molecule has 0 spiro atoms. The molecule has 1 aromatic heterocycles. The molecule has 1 aromatic carbocycles. The van der Waals surface area contributed by atoms with Gasteiger partial charge in [0.1, 0.15) is 0 Å². The largest absolute Gasteiger partial charge is 0.348 e. The molecule has 0 aliphatic heterocycles. The van der Waals surface area contributed by atoms with E-state index in [9.17, 15) is 0 Å². The Morgan fingerprint density at radius 3 is 2.83 bits per heavy atom. The fourth-order valence-corrected chi connectivity index (χ4v) is 1.46. The molecule has 0 saturated heterocycles. The topological polar surface area (TPSA) is 43.0 Å². The normalized spacial score (nSPS) is 10.5. The maximum Gasteiger partial charge on any atom is 0.0742 e. The molecule has 0 amide bonds. The van der Waals surface area contributed by atoms with E-state index in [1.54, 1.807) is 0 Å². The third-order valence-corrected chi connectivity index (χ3v) is 2.05. The van der Waals surface area contributed by atoms with Gasteiger partial charge in [-0.3, -0.25) is 5.84 Å². The number of nitrogens with two attached hydrogens (primary N) is 1. The summed E-state index contributed by atoms with van der Waals surface area (Å²) in [5.41, 5.74) is 4.82. The number of fused-ring (bicyclic) bond motifs is 1. The van der Waals surface area contributed by atoms with E-state index in [2.05, 4.69) is 11.5 Å². The Morgan fingerprint density at radius 2 is 2.08 bits per heavy atom. The van der Waals surface area contributed by atoms with E-state index in [1.165, 1.54) is 5.52 Å². The zero-order valence-electron chi connectivity index (χ0n) is 6.91. The molecule has 0 unspecified atom stereocenters. The number of nitrogens with zero attached hydrogens (tertiary/aromatic N) is 1. The lowest BCUT2D eigenvalue weighted by atomic mass is 10.2. The van der Waals surface area contributed by atoms with Gasteiger partial charge in [-0.2, -0.15) is 0 Å². The van der Waals surface area contributed by atoms with E-state index in [-0.39, 0.29) is 0 Å². The van der Waals surface area contributed by atoms with Crippen LogP contribution in [-0.2, 0) is 7.05 Å². The first-order valence-corrected chi connectivity index (χ1v) is 3.83. The van der Waals surface area contributed by atoms with Crippen LogP contribution in [0.1, 0.15) is 0 Å². The van der Waals surface area contributed by atoms with Crippen molar-refractivity contribution in [3.63, 3.8) is 0 Å². The number of rotatable bonds is 1. The summed E-state index contributed by atoms with van der Waals surface area (Å²) < 4.78 is 2.05. The summed E-state index contributed by atoms with van der Waals surface area (Å²) in [5.74, 6) is 5.37. The predicted molar refractivity (Wildman–Crippen MR) is 50.7 cm³/mol. The number of hydrogen-bond donors (Lipinski definition) is 2. The first-order valence-electron chi connectivity index (χ1n) is 3.83. The molecule has 0 saturated carbocycles. The number of para-hydroxylation sites is 1. The summed E-state index contributed by atoms with van der Waals surface area (Å²) in [7, 11) is 2.00. The monoisotopic (exact) mass is 161 g/mol. The fourth-order valence-electron chi connectivity index (χ4n) is 1.46. The minimum Gasteiger partial charge on any atom is -0.348 e. The maximum atomic E-state index is 5.37. The molecule has 62 valence electrons. The quantitative estimate of drug-likeness (QED) is 0.491. The van der Waals surface area contributed by atoms with E-state index in [0.717, 1.165) is 11.1 Å². The summed E-state index contributed by atoms with van der Waals surface area (Å²) in [6, 6.07) is 8.13. The first-order chi connectivity index (χ1) is 5.83. The summed E-state index contributed by atoms with van der Waals surface area (Å²) in [4.78, 5) is 0. The molecule has 0 bridgehead atoms. The standard InChI is InChI=1S/C9H11N3/c1-12-6-8(11-10)7-4-2-3-5-9(7)12/h2-6,11H,10H2,1H3. The van der Waals surface area contributed by atoms with Crippen molar-refractivity contribution < 1.29 is 0 Å². The molecule has 0 aliphatic carbocycles. The molecule has 3 heteroatoms. The fraction of sp³-hybridized carbons (Fsp3) is 0.111. The van der Waals surface area contributed by atoms with Crippen molar-refractivity contribution in [3.05, 3.63) is 30.5 Å². The third kappa shape index (κ3) is 0.871. The summed E-state index contributed by atoms with van der Waals surface area (Å²) in [6.07, 6.45) is 1.98. The van der Waals surface area contributed by atoms with Crippen molar-refractivity contribution in [2.75, 3.05) is 5.43 Å². The first kappa shape index (κ1) is 7.18. The molecular weight excluding hydrogens is 150 g/mol. The number of benzene rings is 1. The third-order valence-electron chi connectivity index (χ3n) is 2.05. The van der Waals surface area contributed by atoms with E-state index in [0.29, 0.717) is 0 Å². The van der Waals surface area contributed by atoms with Crippen molar-refractivity contribution in [2.24, 2.45) is 12.9 Å². The average molecular weight is 161 g/mol. The van der Waals surface area contributed by atoms with Gasteiger partial charge < -0.3 is 9.99 Å². The molecule has 2 aromatic rings. The average Bonchev–Trinajstić information content (AvgIpc) is 2.44. The Labute approximate surface area is 70.8 Å². The van der Waals surface area contributed by atoms with E-state index < -0.39 is 0 Å². The smallest absolute Gasteiger partial charge is 0.0742 e. The minimum absolute atomic E-state index is 0.966. The molecule has 12 heavy (non-hydrogen) atoms. The predicted octanol–water partition coefficient (Wildman–Crippen LogP) is 1.46. The highest BCUT2D eigenvalue weighted by Crippen LogP contribution is 2.23. The zero-order valence-corrected chi connectivity index (χ0v) is 6.91. The van der Waals surface area contributed by atoms with Crippen LogP contribution in [0.5, 0.6) is 0 Å². The molecular formula is C9H11N3. The zero-order chi connectivity index (χ0) is 8.55. The molecule has 3 nitrogen and oxygen atoms in total. The Morgan fingerprint density at radius 1 is 1.33 bits per heavy atom. The highest BCUT2D eigenvalue weighted by Gasteiger charge is 2.02. The van der Waals surface area contributed by atoms with Crippen molar-refractivity contribution >= 4 is 16.6 Å². The molecule has 1 heterocycles. The van der Waals surface area contributed by atoms with Crippen molar-refractivity contribution in [3.8, 4) is 0 Å². The minimum atomic E-state index is 0.966. The summed E-state index contributed by atoms with van der Waals surface area (Å²) >= 11 is 0. The van der Waals surface area contributed by atoms with Crippen LogP contribution in [0.15, 0.2) is 30.5 Å². The molecule has 0 fully saturated rings. The van der Waals surface area contributed by atoms with Crippen LogP contribution in [-0.4, -0.2) is 4.57 Å². The highest BCUT2D eigenvalue weighted by atomic mass is 15.2. The van der Waals surface area contributed by atoms with Gasteiger partial charge in [0.05, 0.1) is 5.69 Å². The Hall–Kier alpha value is -1.48. The van der Waals surface area contributed by atoms with Crippen LogP contribution in [0.4, 0.5) is 5.69 Å². The van der Waals surface area contributed by atoms with Crippen molar-refractivity contribution in [1.29, 1.82) is 0 Å². The molecule has 2 rings (SSSR count).